The van der Waals surface area contributed by atoms with Crippen LogP contribution in [0.15, 0.2) is 18.2 Å². The lowest BCUT2D eigenvalue weighted by Gasteiger charge is -2.13. The van der Waals surface area contributed by atoms with E-state index in [0.29, 0.717) is 12.5 Å². The highest BCUT2D eigenvalue weighted by Gasteiger charge is 2.04. The van der Waals surface area contributed by atoms with Gasteiger partial charge >= 0.3 is 0 Å². The van der Waals surface area contributed by atoms with Crippen LogP contribution in [0.4, 0.5) is 0 Å². The molecule has 0 amide bonds. The second-order valence-corrected chi connectivity index (χ2v) is 5.29. The van der Waals surface area contributed by atoms with Crippen molar-refractivity contribution in [2.75, 3.05) is 13.2 Å². The Labute approximate surface area is 117 Å². The summed E-state index contributed by atoms with van der Waals surface area (Å²) in [6.45, 7) is 9.08. The van der Waals surface area contributed by atoms with Gasteiger partial charge in [0.05, 0.1) is 6.61 Å². The number of terminal acetylenes is 1. The number of benzene rings is 1. The SMILES string of the molecule is C#CCCCOc1ccc(C)cc1CNCC(C)C. The van der Waals surface area contributed by atoms with Gasteiger partial charge in [-0.15, -0.1) is 12.3 Å². The van der Waals surface area contributed by atoms with Gasteiger partial charge in [-0.3, -0.25) is 0 Å². The van der Waals surface area contributed by atoms with Gasteiger partial charge in [-0.1, -0.05) is 31.5 Å². The third-order valence-corrected chi connectivity index (χ3v) is 2.81. The summed E-state index contributed by atoms with van der Waals surface area (Å²) in [5.41, 5.74) is 2.48. The zero-order valence-electron chi connectivity index (χ0n) is 12.3. The number of ether oxygens (including phenoxy) is 1. The molecule has 1 N–H and O–H groups in total. The maximum absolute atomic E-state index is 5.82. The van der Waals surface area contributed by atoms with Gasteiger partial charge in [0.15, 0.2) is 0 Å². The molecule has 0 bridgehead atoms. The Morgan fingerprint density at radius 3 is 2.84 bits per heavy atom. The number of nitrogens with one attached hydrogen (secondary N) is 1. The molecule has 0 aliphatic rings. The van der Waals surface area contributed by atoms with E-state index in [1.165, 1.54) is 11.1 Å². The van der Waals surface area contributed by atoms with Crippen LogP contribution in [0.5, 0.6) is 5.75 Å². The zero-order chi connectivity index (χ0) is 14.1. The third kappa shape index (κ3) is 6.31. The fraction of sp³-hybridized carbons (Fsp3) is 0.529. The van der Waals surface area contributed by atoms with Gasteiger partial charge in [-0.25, -0.2) is 0 Å². The second kappa shape index (κ2) is 8.61. The van der Waals surface area contributed by atoms with Crippen molar-refractivity contribution in [3.05, 3.63) is 29.3 Å². The summed E-state index contributed by atoms with van der Waals surface area (Å²) in [7, 11) is 0. The molecule has 1 aromatic carbocycles. The second-order valence-electron chi connectivity index (χ2n) is 5.29. The van der Waals surface area contributed by atoms with Gasteiger partial charge in [0.25, 0.3) is 0 Å². The summed E-state index contributed by atoms with van der Waals surface area (Å²) in [5.74, 6) is 4.26. The molecule has 0 saturated carbocycles. The van der Waals surface area contributed by atoms with Crippen molar-refractivity contribution in [1.29, 1.82) is 0 Å². The van der Waals surface area contributed by atoms with Crippen molar-refractivity contribution in [3.8, 4) is 18.1 Å². The normalized spacial score (nSPS) is 10.5. The fourth-order valence-corrected chi connectivity index (χ4v) is 1.84. The highest BCUT2D eigenvalue weighted by molar-refractivity contribution is 5.36. The lowest BCUT2D eigenvalue weighted by molar-refractivity contribution is 0.308. The number of aryl methyl sites for hydroxylation is 1. The molecule has 0 unspecified atom stereocenters. The minimum absolute atomic E-state index is 0.657. The van der Waals surface area contributed by atoms with Crippen LogP contribution in [0.3, 0.4) is 0 Å². The molecule has 0 spiro atoms. The highest BCUT2D eigenvalue weighted by atomic mass is 16.5. The molecule has 2 heteroatoms. The molecule has 0 fully saturated rings. The maximum Gasteiger partial charge on any atom is 0.123 e. The average Bonchev–Trinajstić information content (AvgIpc) is 2.36. The van der Waals surface area contributed by atoms with Crippen LogP contribution in [0.2, 0.25) is 0 Å². The van der Waals surface area contributed by atoms with Crippen LogP contribution in [0.1, 0.15) is 37.8 Å². The molecule has 104 valence electrons. The molecule has 0 radical (unpaired) electrons. The molecule has 0 heterocycles. The molecule has 19 heavy (non-hydrogen) atoms. The molecule has 1 rings (SSSR count). The number of rotatable bonds is 8. The molecule has 0 aliphatic heterocycles. The van der Waals surface area contributed by atoms with Crippen molar-refractivity contribution in [1.82, 2.24) is 5.32 Å². The minimum atomic E-state index is 0.657. The Balaban J connectivity index is 2.56. The van der Waals surface area contributed by atoms with E-state index in [0.717, 1.165) is 31.7 Å². The largest absolute Gasteiger partial charge is 0.493 e. The Morgan fingerprint density at radius 1 is 1.37 bits per heavy atom. The Morgan fingerprint density at radius 2 is 2.16 bits per heavy atom. The minimum Gasteiger partial charge on any atom is -0.493 e. The third-order valence-electron chi connectivity index (χ3n) is 2.81. The zero-order valence-corrected chi connectivity index (χ0v) is 12.3. The Kier molecular flexibility index (Phi) is 7.07. The van der Waals surface area contributed by atoms with Crippen LogP contribution >= 0.6 is 0 Å². The van der Waals surface area contributed by atoms with E-state index >= 15 is 0 Å². The van der Waals surface area contributed by atoms with Crippen LogP contribution in [0, 0.1) is 25.2 Å². The van der Waals surface area contributed by atoms with E-state index in [4.69, 9.17) is 11.2 Å². The number of hydrogen-bond acceptors (Lipinski definition) is 2. The van der Waals surface area contributed by atoms with E-state index < -0.39 is 0 Å². The first kappa shape index (κ1) is 15.6. The molecule has 1 aromatic rings. The molecular formula is C17H25NO. The van der Waals surface area contributed by atoms with Gasteiger partial charge in [0, 0.05) is 18.5 Å². The monoisotopic (exact) mass is 259 g/mol. The average molecular weight is 259 g/mol. The van der Waals surface area contributed by atoms with Crippen LogP contribution in [-0.2, 0) is 6.54 Å². The molecular weight excluding hydrogens is 234 g/mol. The van der Waals surface area contributed by atoms with Crippen molar-refractivity contribution in [2.45, 2.75) is 40.2 Å². The summed E-state index contributed by atoms with van der Waals surface area (Å²) < 4.78 is 5.82. The van der Waals surface area contributed by atoms with E-state index in [-0.39, 0.29) is 0 Å². The summed E-state index contributed by atoms with van der Waals surface area (Å²) >= 11 is 0. The lowest BCUT2D eigenvalue weighted by atomic mass is 10.1. The first-order chi connectivity index (χ1) is 9.13. The Hall–Kier alpha value is -1.46. The first-order valence-electron chi connectivity index (χ1n) is 7.00. The van der Waals surface area contributed by atoms with E-state index in [9.17, 15) is 0 Å². The van der Waals surface area contributed by atoms with Crippen LogP contribution in [-0.4, -0.2) is 13.2 Å². The quantitative estimate of drug-likeness (QED) is 0.569. The van der Waals surface area contributed by atoms with Crippen molar-refractivity contribution < 1.29 is 4.74 Å². The Bertz CT molecular complexity index is 418. The number of hydrogen-bond donors (Lipinski definition) is 1. The summed E-state index contributed by atoms with van der Waals surface area (Å²) in [5, 5.41) is 3.46. The smallest absolute Gasteiger partial charge is 0.123 e. The van der Waals surface area contributed by atoms with Gasteiger partial charge in [0.1, 0.15) is 5.75 Å². The maximum atomic E-state index is 5.82. The molecule has 0 atom stereocenters. The van der Waals surface area contributed by atoms with Crippen LogP contribution < -0.4 is 10.1 Å². The van der Waals surface area contributed by atoms with E-state index in [2.05, 4.69) is 50.2 Å². The summed E-state index contributed by atoms with van der Waals surface area (Å²) in [6, 6.07) is 6.32. The standard InChI is InChI=1S/C17H25NO/c1-5-6-7-10-19-17-9-8-15(4)11-16(17)13-18-12-14(2)3/h1,8-9,11,14,18H,6-7,10,12-13H2,2-4H3. The van der Waals surface area contributed by atoms with E-state index in [1.807, 2.05) is 0 Å². The van der Waals surface area contributed by atoms with Crippen molar-refractivity contribution in [2.24, 2.45) is 5.92 Å². The van der Waals surface area contributed by atoms with Gasteiger partial charge in [0.2, 0.25) is 0 Å². The predicted molar refractivity (Wildman–Crippen MR) is 81.3 cm³/mol. The highest BCUT2D eigenvalue weighted by Crippen LogP contribution is 2.20. The van der Waals surface area contributed by atoms with Gasteiger partial charge in [-0.2, -0.15) is 0 Å². The van der Waals surface area contributed by atoms with Gasteiger partial charge in [-0.05, 0) is 31.9 Å². The molecule has 0 aromatic heterocycles. The predicted octanol–water partition coefficient (Wildman–Crippen LogP) is 3.53. The molecule has 0 aliphatic carbocycles. The van der Waals surface area contributed by atoms with Crippen molar-refractivity contribution in [3.63, 3.8) is 0 Å². The lowest BCUT2D eigenvalue weighted by Crippen LogP contribution is -2.19. The van der Waals surface area contributed by atoms with Gasteiger partial charge < -0.3 is 10.1 Å². The number of unbranched alkanes of at least 4 members (excludes halogenated alkanes) is 1. The first-order valence-corrected chi connectivity index (χ1v) is 7.00. The topological polar surface area (TPSA) is 21.3 Å². The van der Waals surface area contributed by atoms with E-state index in [1.54, 1.807) is 0 Å². The fourth-order valence-electron chi connectivity index (χ4n) is 1.84. The molecule has 0 saturated heterocycles. The van der Waals surface area contributed by atoms with Crippen molar-refractivity contribution >= 4 is 0 Å². The summed E-state index contributed by atoms with van der Waals surface area (Å²) in [4.78, 5) is 0. The molecule has 2 nitrogen and oxygen atoms in total. The van der Waals surface area contributed by atoms with Crippen LogP contribution in [0.25, 0.3) is 0 Å². The summed E-state index contributed by atoms with van der Waals surface area (Å²) in [6.07, 6.45) is 6.91.